The summed E-state index contributed by atoms with van der Waals surface area (Å²) in [5.74, 6) is -1.93. The molecule has 2 aromatic carbocycles. The normalized spacial score (nSPS) is 14.1. The molecule has 0 aromatic heterocycles. The van der Waals surface area contributed by atoms with Gasteiger partial charge in [0.2, 0.25) is 0 Å². The molecule has 2 aromatic rings. The first kappa shape index (κ1) is 18.9. The molecule has 0 saturated carbocycles. The van der Waals surface area contributed by atoms with E-state index >= 15 is 0 Å². The quantitative estimate of drug-likeness (QED) is 0.751. The maximum absolute atomic E-state index is 12.2. The lowest BCUT2D eigenvalue weighted by atomic mass is 9.98. The maximum atomic E-state index is 12.2. The molecule has 8 nitrogen and oxygen atoms in total. The first-order chi connectivity index (χ1) is 12.7. The van der Waals surface area contributed by atoms with Crippen molar-refractivity contribution >= 4 is 22.4 Å². The monoisotopic (exact) mass is 391 g/mol. The van der Waals surface area contributed by atoms with E-state index < -0.39 is 28.4 Å². The Balaban J connectivity index is 1.86. The number of benzene rings is 2. The number of fused-ring (bicyclic) bond motifs is 3. The Morgan fingerprint density at radius 3 is 2.00 bits per heavy atom. The van der Waals surface area contributed by atoms with Crippen LogP contribution in [0.5, 0.6) is 0 Å². The maximum Gasteiger partial charge on any atom is 0.426 e. The van der Waals surface area contributed by atoms with Crippen molar-refractivity contribution in [2.45, 2.75) is 18.9 Å². The highest BCUT2D eigenvalue weighted by atomic mass is 32.2. The zero-order valence-electron chi connectivity index (χ0n) is 14.3. The van der Waals surface area contributed by atoms with Crippen molar-refractivity contribution in [3.63, 3.8) is 0 Å². The lowest BCUT2D eigenvalue weighted by Crippen LogP contribution is -2.47. The van der Waals surface area contributed by atoms with Crippen LogP contribution in [0.15, 0.2) is 48.5 Å². The summed E-state index contributed by atoms with van der Waals surface area (Å²) < 4.78 is 37.0. The minimum absolute atomic E-state index is 0.192. The first-order valence-corrected chi connectivity index (χ1v) is 9.46. The molecule has 27 heavy (non-hydrogen) atoms. The highest BCUT2D eigenvalue weighted by molar-refractivity contribution is 7.84. The number of ether oxygens (including phenoxy) is 1. The summed E-state index contributed by atoms with van der Waals surface area (Å²) in [5.41, 5.74) is 3.80. The van der Waals surface area contributed by atoms with E-state index in [1.807, 2.05) is 48.5 Å². The van der Waals surface area contributed by atoms with Crippen LogP contribution in [0, 0.1) is 0 Å². The van der Waals surface area contributed by atoms with Crippen LogP contribution in [-0.2, 0) is 19.8 Å². The Hall–Kier alpha value is -2.91. The number of hydrogen-bond acceptors (Lipinski definition) is 5. The molecule has 1 aliphatic carbocycles. The Labute approximate surface area is 155 Å². The molecule has 0 spiro atoms. The molecule has 1 aliphatic rings. The van der Waals surface area contributed by atoms with E-state index in [0.29, 0.717) is 0 Å². The fourth-order valence-corrected chi connectivity index (χ4v) is 3.94. The molecule has 0 bridgehead atoms. The van der Waals surface area contributed by atoms with Gasteiger partial charge in [0, 0.05) is 5.92 Å². The topological polar surface area (TPSA) is 121 Å². The molecule has 0 heterocycles. The van der Waals surface area contributed by atoms with E-state index in [1.54, 1.807) is 0 Å². The van der Waals surface area contributed by atoms with Crippen LogP contribution in [0.25, 0.3) is 11.1 Å². The smallest absolute Gasteiger partial charge is 0.426 e. The third-order valence-corrected chi connectivity index (χ3v) is 5.44. The summed E-state index contributed by atoms with van der Waals surface area (Å²) in [5, 5.41) is 8.98. The van der Waals surface area contributed by atoms with E-state index in [0.717, 1.165) is 29.2 Å². The second-order valence-corrected chi connectivity index (χ2v) is 7.38. The van der Waals surface area contributed by atoms with E-state index in [2.05, 4.69) is 0 Å². The second-order valence-electron chi connectivity index (χ2n) is 6.09. The van der Waals surface area contributed by atoms with Gasteiger partial charge in [-0.05, 0) is 29.2 Å². The van der Waals surface area contributed by atoms with Crippen molar-refractivity contribution in [2.24, 2.45) is 0 Å². The van der Waals surface area contributed by atoms with Crippen molar-refractivity contribution in [1.29, 1.82) is 0 Å². The predicted molar refractivity (Wildman–Crippen MR) is 95.6 cm³/mol. The summed E-state index contributed by atoms with van der Waals surface area (Å²) in [6.45, 7) is 0.753. The molecule has 0 aliphatic heterocycles. The number of carboxylic acid groups (broad SMARTS) is 1. The van der Waals surface area contributed by atoms with Crippen LogP contribution in [0.2, 0.25) is 0 Å². The number of carbonyl (C=O) groups excluding carboxylic acids is 1. The number of carboxylic acids is 1. The van der Waals surface area contributed by atoms with Gasteiger partial charge in [0.05, 0.1) is 0 Å². The highest BCUT2D eigenvalue weighted by Gasteiger charge is 2.37. The van der Waals surface area contributed by atoms with E-state index in [9.17, 15) is 22.6 Å². The Morgan fingerprint density at radius 1 is 1.07 bits per heavy atom. The van der Waals surface area contributed by atoms with Crippen LogP contribution in [0.1, 0.15) is 24.0 Å². The predicted octanol–water partition coefficient (Wildman–Crippen LogP) is 2.51. The molecule has 9 heteroatoms. The Kier molecular flexibility index (Phi) is 4.90. The van der Waals surface area contributed by atoms with Crippen molar-refractivity contribution in [2.75, 3.05) is 6.61 Å². The van der Waals surface area contributed by atoms with Crippen LogP contribution >= 0.6 is 0 Å². The van der Waals surface area contributed by atoms with Crippen LogP contribution in [0.4, 0.5) is 4.79 Å². The minimum atomic E-state index is -5.10. The van der Waals surface area contributed by atoms with Crippen molar-refractivity contribution < 1.29 is 32.4 Å². The molecular formula is C18H17NO7S. The number of rotatable bonds is 5. The number of carbonyl (C=O) groups is 2. The highest BCUT2D eigenvalue weighted by Crippen LogP contribution is 2.44. The molecule has 0 unspecified atom stereocenters. The van der Waals surface area contributed by atoms with Gasteiger partial charge in [-0.15, -0.1) is 0 Å². The van der Waals surface area contributed by atoms with Gasteiger partial charge in [-0.25, -0.2) is 9.59 Å². The SMILES string of the molecule is C[C@H](C(=O)O)N(C(=O)OCC1c2ccccc2-c2ccccc21)S(=O)(=O)O. The molecule has 0 radical (unpaired) electrons. The van der Waals surface area contributed by atoms with Gasteiger partial charge in [0.15, 0.2) is 0 Å². The average Bonchev–Trinajstić information content (AvgIpc) is 2.93. The van der Waals surface area contributed by atoms with Gasteiger partial charge in [-0.1, -0.05) is 48.5 Å². The van der Waals surface area contributed by atoms with E-state index in [4.69, 9.17) is 9.84 Å². The third kappa shape index (κ3) is 3.51. The summed E-state index contributed by atoms with van der Waals surface area (Å²) in [7, 11) is -5.10. The molecule has 0 saturated heterocycles. The minimum Gasteiger partial charge on any atom is -0.480 e. The third-order valence-electron chi connectivity index (χ3n) is 4.47. The molecular weight excluding hydrogens is 374 g/mol. The van der Waals surface area contributed by atoms with Crippen LogP contribution in [-0.4, -0.2) is 47.1 Å². The zero-order valence-corrected chi connectivity index (χ0v) is 15.1. The summed E-state index contributed by atoms with van der Waals surface area (Å²) in [6.07, 6.45) is -1.45. The lowest BCUT2D eigenvalue weighted by Gasteiger charge is -2.23. The standard InChI is InChI=1S/C18H17NO7S/c1-11(17(20)21)19(27(23,24)25)18(22)26-10-16-14-8-4-2-6-12(14)13-7-3-5-9-15(13)16/h2-9,11,16H,10H2,1H3,(H,20,21)(H,23,24,25)/t11-/m1/s1. The van der Waals surface area contributed by atoms with Crippen molar-refractivity contribution in [3.8, 4) is 11.1 Å². The number of nitrogens with zero attached hydrogens (tertiary/aromatic N) is 1. The Morgan fingerprint density at radius 2 is 1.56 bits per heavy atom. The molecule has 2 N–H and O–H groups in total. The summed E-state index contributed by atoms with van der Waals surface area (Å²) >= 11 is 0. The first-order valence-electron chi connectivity index (χ1n) is 8.06. The average molecular weight is 391 g/mol. The zero-order chi connectivity index (χ0) is 19.8. The van der Waals surface area contributed by atoms with Gasteiger partial charge in [-0.2, -0.15) is 12.7 Å². The molecule has 1 amide bonds. The Bertz CT molecular complexity index is 957. The van der Waals surface area contributed by atoms with E-state index in [-0.39, 0.29) is 16.8 Å². The van der Waals surface area contributed by atoms with Crippen LogP contribution in [0.3, 0.4) is 0 Å². The van der Waals surface area contributed by atoms with Gasteiger partial charge in [0.25, 0.3) is 0 Å². The van der Waals surface area contributed by atoms with Gasteiger partial charge < -0.3 is 9.84 Å². The molecule has 3 rings (SSSR count). The number of amides is 1. The van der Waals surface area contributed by atoms with Gasteiger partial charge in [0.1, 0.15) is 12.6 Å². The lowest BCUT2D eigenvalue weighted by molar-refractivity contribution is -0.140. The number of aliphatic carboxylic acids is 1. The van der Waals surface area contributed by atoms with Crippen molar-refractivity contribution in [1.82, 2.24) is 4.31 Å². The van der Waals surface area contributed by atoms with Gasteiger partial charge >= 0.3 is 22.4 Å². The van der Waals surface area contributed by atoms with E-state index in [1.165, 1.54) is 0 Å². The van der Waals surface area contributed by atoms with Crippen LogP contribution < -0.4 is 0 Å². The van der Waals surface area contributed by atoms with Gasteiger partial charge in [-0.3, -0.25) is 4.55 Å². The second kappa shape index (κ2) is 7.01. The number of hydrogen-bond donors (Lipinski definition) is 2. The fraction of sp³-hybridized carbons (Fsp3) is 0.222. The largest absolute Gasteiger partial charge is 0.480 e. The summed E-state index contributed by atoms with van der Waals surface area (Å²) in [4.78, 5) is 23.3. The molecule has 0 fully saturated rings. The molecule has 142 valence electrons. The van der Waals surface area contributed by atoms with Crippen molar-refractivity contribution in [3.05, 3.63) is 59.7 Å². The molecule has 1 atom stereocenters. The summed E-state index contributed by atoms with van der Waals surface area (Å²) in [6, 6.07) is 13.3. The fourth-order valence-electron chi connectivity index (χ4n) is 3.21.